The van der Waals surface area contributed by atoms with Gasteiger partial charge in [-0.1, -0.05) is 101 Å². The molecule has 0 saturated carbocycles. The zero-order chi connectivity index (χ0) is 16.8. The van der Waals surface area contributed by atoms with Crippen molar-refractivity contribution in [2.24, 2.45) is 0 Å². The minimum Gasteiger partial charge on any atom is -0.0991 e. The lowest BCUT2D eigenvalue weighted by Gasteiger charge is -2.05. The van der Waals surface area contributed by atoms with Crippen LogP contribution >= 0.6 is 0 Å². The maximum Gasteiger partial charge on any atom is -0.0178 e. The highest BCUT2D eigenvalue weighted by Gasteiger charge is 1.99. The Morgan fingerprint density at radius 3 is 2.00 bits per heavy atom. The average molecular weight is 294 g/mol. The molecule has 0 bridgehead atoms. The van der Waals surface area contributed by atoms with Crippen LogP contribution in [0.1, 0.15) is 46.6 Å². The van der Waals surface area contributed by atoms with Crippen molar-refractivity contribution < 1.29 is 0 Å². The first-order valence-corrected chi connectivity index (χ1v) is 8.18. The lowest BCUT2D eigenvalue weighted by molar-refractivity contribution is 1.09. The molecule has 0 saturated heterocycles. The zero-order valence-electron chi connectivity index (χ0n) is 14.8. The van der Waals surface area contributed by atoms with E-state index in [4.69, 9.17) is 0 Å². The molecule has 2 rings (SSSR count). The molecule has 0 spiro atoms. The van der Waals surface area contributed by atoms with Crippen LogP contribution in [-0.4, -0.2) is 0 Å². The maximum atomic E-state index is 3.73. The molecule has 118 valence electrons. The second-order valence-electron chi connectivity index (χ2n) is 4.74. The van der Waals surface area contributed by atoms with Gasteiger partial charge in [0, 0.05) is 0 Å². The van der Waals surface area contributed by atoms with Crippen LogP contribution in [0.4, 0.5) is 0 Å². The molecule has 0 aromatic heterocycles. The molecule has 0 radical (unpaired) electrons. The van der Waals surface area contributed by atoms with E-state index in [0.29, 0.717) is 0 Å². The molecule has 2 aromatic carbocycles. The van der Waals surface area contributed by atoms with Crippen LogP contribution in [-0.2, 0) is 0 Å². The van der Waals surface area contributed by atoms with E-state index < -0.39 is 0 Å². The number of rotatable bonds is 3. The summed E-state index contributed by atoms with van der Waals surface area (Å²) in [6, 6.07) is 19.0. The Morgan fingerprint density at radius 2 is 1.45 bits per heavy atom. The molecule has 0 fully saturated rings. The second kappa shape index (κ2) is 12.6. The van der Waals surface area contributed by atoms with Gasteiger partial charge >= 0.3 is 0 Å². The van der Waals surface area contributed by atoms with Crippen LogP contribution in [0.5, 0.6) is 0 Å². The Bertz CT molecular complexity index is 547. The molecular weight excluding hydrogens is 264 g/mol. The van der Waals surface area contributed by atoms with Crippen molar-refractivity contribution in [2.45, 2.75) is 41.0 Å². The summed E-state index contributed by atoms with van der Waals surface area (Å²) in [5.74, 6) is 0. The van der Waals surface area contributed by atoms with Crippen molar-refractivity contribution in [1.29, 1.82) is 0 Å². The van der Waals surface area contributed by atoms with E-state index >= 15 is 0 Å². The van der Waals surface area contributed by atoms with Crippen molar-refractivity contribution in [2.75, 3.05) is 0 Å². The molecule has 0 unspecified atom stereocenters. The van der Waals surface area contributed by atoms with Crippen LogP contribution in [0, 0.1) is 0 Å². The van der Waals surface area contributed by atoms with E-state index in [9.17, 15) is 0 Å². The fourth-order valence-corrected chi connectivity index (χ4v) is 1.85. The predicted octanol–water partition coefficient (Wildman–Crippen LogP) is 7.39. The zero-order valence-corrected chi connectivity index (χ0v) is 14.8. The smallest absolute Gasteiger partial charge is 0.0178 e. The number of benzene rings is 2. The van der Waals surface area contributed by atoms with Crippen molar-refractivity contribution in [3.8, 4) is 11.1 Å². The number of allylic oxidation sites excluding steroid dienone is 3. The fraction of sp³-hybridized carbons (Fsp3) is 0.273. The molecule has 0 aliphatic carbocycles. The SMILES string of the molecule is C=C/C=C(\C)c1cccc(-c2ccccc2)c1.CC.CCC. The van der Waals surface area contributed by atoms with Crippen LogP contribution in [0.25, 0.3) is 16.7 Å². The van der Waals surface area contributed by atoms with Gasteiger partial charge in [0.15, 0.2) is 0 Å². The monoisotopic (exact) mass is 294 g/mol. The molecule has 2 aromatic rings. The Kier molecular flexibility index (Phi) is 11.4. The van der Waals surface area contributed by atoms with Gasteiger partial charge in [-0.25, -0.2) is 0 Å². The summed E-state index contributed by atoms with van der Waals surface area (Å²) in [4.78, 5) is 0. The van der Waals surface area contributed by atoms with E-state index in [1.165, 1.54) is 28.7 Å². The summed E-state index contributed by atoms with van der Waals surface area (Å²) in [5.41, 5.74) is 4.98. The third-order valence-electron chi connectivity index (χ3n) is 2.79. The van der Waals surface area contributed by atoms with Gasteiger partial charge < -0.3 is 0 Å². The quantitative estimate of drug-likeness (QED) is 0.518. The molecule has 22 heavy (non-hydrogen) atoms. The fourth-order valence-electron chi connectivity index (χ4n) is 1.85. The largest absolute Gasteiger partial charge is 0.0991 e. The van der Waals surface area contributed by atoms with Crippen molar-refractivity contribution in [3.63, 3.8) is 0 Å². The van der Waals surface area contributed by atoms with Gasteiger partial charge in [-0.3, -0.25) is 0 Å². The summed E-state index contributed by atoms with van der Waals surface area (Å²) in [7, 11) is 0. The van der Waals surface area contributed by atoms with Crippen molar-refractivity contribution in [3.05, 3.63) is 78.9 Å². The number of hydrogen-bond donors (Lipinski definition) is 0. The second-order valence-corrected chi connectivity index (χ2v) is 4.74. The third kappa shape index (κ3) is 7.08. The predicted molar refractivity (Wildman–Crippen MR) is 103 cm³/mol. The first kappa shape index (κ1) is 19.9. The highest BCUT2D eigenvalue weighted by Crippen LogP contribution is 2.23. The molecule has 0 nitrogen and oxygen atoms in total. The molecule has 0 aliphatic rings. The molecule has 0 heteroatoms. The lowest BCUT2D eigenvalue weighted by Crippen LogP contribution is -1.82. The molecule has 0 heterocycles. The van der Waals surface area contributed by atoms with Gasteiger partial charge in [0.25, 0.3) is 0 Å². The highest BCUT2D eigenvalue weighted by atomic mass is 14.0. The Labute approximate surface area is 137 Å². The van der Waals surface area contributed by atoms with Gasteiger partial charge in [-0.15, -0.1) is 0 Å². The standard InChI is InChI=1S/C17H16.C3H8.C2H6/c1-3-8-14(2)16-11-7-12-17(13-16)15-9-5-4-6-10-15;1-3-2;1-2/h3-13H,1H2,2H3;3H2,1-2H3;1-2H3/b14-8+;;. The molecule has 0 aliphatic heterocycles. The lowest BCUT2D eigenvalue weighted by atomic mass is 10.00. The normalized spacial score (nSPS) is 9.77. The first-order chi connectivity index (χ1) is 10.7. The number of hydrogen-bond acceptors (Lipinski definition) is 0. The van der Waals surface area contributed by atoms with Crippen LogP contribution in [0.3, 0.4) is 0 Å². The topological polar surface area (TPSA) is 0 Å². The van der Waals surface area contributed by atoms with Gasteiger partial charge in [0.05, 0.1) is 0 Å². The summed E-state index contributed by atoms with van der Waals surface area (Å²) in [5, 5.41) is 0. The first-order valence-electron chi connectivity index (χ1n) is 8.18. The molecule has 0 atom stereocenters. The van der Waals surface area contributed by atoms with E-state index in [2.05, 4.69) is 75.9 Å². The Hall–Kier alpha value is -2.08. The molecule has 0 N–H and O–H groups in total. The van der Waals surface area contributed by atoms with Crippen LogP contribution < -0.4 is 0 Å². The van der Waals surface area contributed by atoms with E-state index in [0.717, 1.165) is 0 Å². The van der Waals surface area contributed by atoms with Gasteiger partial charge in [-0.05, 0) is 35.3 Å². The van der Waals surface area contributed by atoms with Gasteiger partial charge in [0.1, 0.15) is 0 Å². The molecular formula is C22H30. The average Bonchev–Trinajstić information content (AvgIpc) is 2.58. The minimum absolute atomic E-state index is 1.23. The molecule has 0 amide bonds. The maximum absolute atomic E-state index is 3.73. The summed E-state index contributed by atoms with van der Waals surface area (Å²) >= 11 is 0. The van der Waals surface area contributed by atoms with Crippen LogP contribution in [0.15, 0.2) is 73.3 Å². The van der Waals surface area contributed by atoms with E-state index in [-0.39, 0.29) is 0 Å². The highest BCUT2D eigenvalue weighted by molar-refractivity contribution is 5.72. The van der Waals surface area contributed by atoms with E-state index in [1.54, 1.807) is 0 Å². The van der Waals surface area contributed by atoms with Gasteiger partial charge in [-0.2, -0.15) is 0 Å². The summed E-state index contributed by atoms with van der Waals surface area (Å²) in [6.45, 7) is 14.1. The van der Waals surface area contributed by atoms with Crippen LogP contribution in [0.2, 0.25) is 0 Å². The summed E-state index contributed by atoms with van der Waals surface area (Å²) in [6.07, 6.45) is 5.11. The van der Waals surface area contributed by atoms with Crippen molar-refractivity contribution in [1.82, 2.24) is 0 Å². The van der Waals surface area contributed by atoms with Gasteiger partial charge in [0.2, 0.25) is 0 Å². The third-order valence-corrected chi connectivity index (χ3v) is 2.79. The van der Waals surface area contributed by atoms with E-state index in [1.807, 2.05) is 32.1 Å². The Morgan fingerprint density at radius 1 is 0.909 bits per heavy atom. The Balaban J connectivity index is 0.000000789. The van der Waals surface area contributed by atoms with Crippen molar-refractivity contribution >= 4 is 5.57 Å². The minimum atomic E-state index is 1.23. The summed E-state index contributed by atoms with van der Waals surface area (Å²) < 4.78 is 0.